The van der Waals surface area contributed by atoms with Crippen LogP contribution in [-0.4, -0.2) is 0 Å². The summed E-state index contributed by atoms with van der Waals surface area (Å²) in [5.41, 5.74) is 8.94. The van der Waals surface area contributed by atoms with Crippen molar-refractivity contribution in [3.05, 3.63) is 67.9 Å². The number of halogens is 3. The molecule has 0 fully saturated rings. The molecule has 0 spiro atoms. The summed E-state index contributed by atoms with van der Waals surface area (Å²) in [6.45, 7) is 2.02. The van der Waals surface area contributed by atoms with Gasteiger partial charge in [0, 0.05) is 15.0 Å². The number of hydrogen-bond acceptors (Lipinski definition) is 1. The standard InChI is InChI=1S/C15H14Br2FN/c1-9-2-3-10(7-13(9)17)15(19)8-11-6-12(16)4-5-14(11)18/h2-7,15H,8,19H2,1H3. The maximum absolute atomic E-state index is 13.7. The van der Waals surface area contributed by atoms with Gasteiger partial charge in [0.1, 0.15) is 5.82 Å². The summed E-state index contributed by atoms with van der Waals surface area (Å²) in [4.78, 5) is 0. The normalized spacial score (nSPS) is 12.5. The smallest absolute Gasteiger partial charge is 0.126 e. The molecular weight excluding hydrogens is 373 g/mol. The highest BCUT2D eigenvalue weighted by Crippen LogP contribution is 2.25. The average Bonchev–Trinajstić information content (AvgIpc) is 2.37. The van der Waals surface area contributed by atoms with Crippen LogP contribution >= 0.6 is 31.9 Å². The van der Waals surface area contributed by atoms with Gasteiger partial charge in [-0.3, -0.25) is 0 Å². The fourth-order valence-electron chi connectivity index (χ4n) is 1.89. The average molecular weight is 387 g/mol. The SMILES string of the molecule is Cc1ccc(C(N)Cc2cc(Br)ccc2F)cc1Br. The molecule has 0 aliphatic rings. The van der Waals surface area contributed by atoms with Gasteiger partial charge in [-0.1, -0.05) is 44.0 Å². The van der Waals surface area contributed by atoms with Crippen molar-refractivity contribution in [1.82, 2.24) is 0 Å². The molecule has 2 aromatic carbocycles. The molecule has 0 saturated carbocycles. The van der Waals surface area contributed by atoms with E-state index in [1.807, 2.05) is 25.1 Å². The van der Waals surface area contributed by atoms with Gasteiger partial charge in [0.15, 0.2) is 0 Å². The first-order chi connectivity index (χ1) is 8.97. The molecular formula is C15H14Br2FN. The Labute approximate surface area is 129 Å². The lowest BCUT2D eigenvalue weighted by Crippen LogP contribution is -2.14. The molecule has 19 heavy (non-hydrogen) atoms. The first kappa shape index (κ1) is 14.7. The maximum Gasteiger partial charge on any atom is 0.126 e. The van der Waals surface area contributed by atoms with Gasteiger partial charge in [-0.25, -0.2) is 4.39 Å². The zero-order valence-electron chi connectivity index (χ0n) is 10.5. The van der Waals surface area contributed by atoms with Crippen molar-refractivity contribution in [1.29, 1.82) is 0 Å². The van der Waals surface area contributed by atoms with Crippen LogP contribution in [-0.2, 0) is 6.42 Å². The van der Waals surface area contributed by atoms with E-state index in [1.165, 1.54) is 6.07 Å². The van der Waals surface area contributed by atoms with Gasteiger partial charge in [-0.05, 0) is 54.3 Å². The lowest BCUT2D eigenvalue weighted by atomic mass is 9.98. The van der Waals surface area contributed by atoms with Crippen LogP contribution in [0.25, 0.3) is 0 Å². The van der Waals surface area contributed by atoms with E-state index in [0.29, 0.717) is 12.0 Å². The minimum absolute atomic E-state index is 0.218. The first-order valence-corrected chi connectivity index (χ1v) is 7.51. The summed E-state index contributed by atoms with van der Waals surface area (Å²) >= 11 is 6.84. The molecule has 0 aromatic heterocycles. The summed E-state index contributed by atoms with van der Waals surface area (Å²) < 4.78 is 15.6. The van der Waals surface area contributed by atoms with E-state index >= 15 is 0 Å². The monoisotopic (exact) mass is 385 g/mol. The van der Waals surface area contributed by atoms with Crippen LogP contribution in [0.3, 0.4) is 0 Å². The van der Waals surface area contributed by atoms with Crippen LogP contribution in [0.2, 0.25) is 0 Å². The molecule has 2 aromatic rings. The Morgan fingerprint density at radius 2 is 1.89 bits per heavy atom. The van der Waals surface area contributed by atoms with E-state index in [2.05, 4.69) is 31.9 Å². The van der Waals surface area contributed by atoms with Crippen molar-refractivity contribution in [2.45, 2.75) is 19.4 Å². The van der Waals surface area contributed by atoms with E-state index in [0.717, 1.165) is 20.1 Å². The third-order valence-corrected chi connectivity index (χ3v) is 4.42. The number of benzene rings is 2. The number of nitrogens with two attached hydrogens (primary N) is 1. The largest absolute Gasteiger partial charge is 0.324 e. The molecule has 2 N–H and O–H groups in total. The molecule has 0 aliphatic carbocycles. The molecule has 0 aliphatic heterocycles. The van der Waals surface area contributed by atoms with E-state index in [4.69, 9.17) is 5.73 Å². The predicted molar refractivity (Wildman–Crippen MR) is 83.6 cm³/mol. The zero-order chi connectivity index (χ0) is 14.0. The Balaban J connectivity index is 2.22. The Kier molecular flexibility index (Phi) is 4.76. The third kappa shape index (κ3) is 3.65. The second-order valence-electron chi connectivity index (χ2n) is 4.55. The van der Waals surface area contributed by atoms with Gasteiger partial charge >= 0.3 is 0 Å². The Morgan fingerprint density at radius 1 is 1.16 bits per heavy atom. The summed E-state index contributed by atoms with van der Waals surface area (Å²) in [6, 6.07) is 10.7. The topological polar surface area (TPSA) is 26.0 Å². The Bertz CT molecular complexity index is 599. The van der Waals surface area contributed by atoms with Crippen LogP contribution < -0.4 is 5.73 Å². The Morgan fingerprint density at radius 3 is 2.58 bits per heavy atom. The molecule has 2 rings (SSSR count). The van der Waals surface area contributed by atoms with Gasteiger partial charge in [0.05, 0.1) is 0 Å². The summed E-state index contributed by atoms with van der Waals surface area (Å²) in [7, 11) is 0. The molecule has 0 saturated heterocycles. The highest BCUT2D eigenvalue weighted by Gasteiger charge is 2.11. The van der Waals surface area contributed by atoms with Crippen LogP contribution in [0.5, 0.6) is 0 Å². The number of rotatable bonds is 3. The van der Waals surface area contributed by atoms with Gasteiger partial charge in [-0.2, -0.15) is 0 Å². The summed E-state index contributed by atoms with van der Waals surface area (Å²) in [6.07, 6.45) is 0.473. The van der Waals surface area contributed by atoms with Gasteiger partial charge in [0.2, 0.25) is 0 Å². The molecule has 1 nitrogen and oxygen atoms in total. The fraction of sp³-hybridized carbons (Fsp3) is 0.200. The van der Waals surface area contributed by atoms with Gasteiger partial charge < -0.3 is 5.73 Å². The van der Waals surface area contributed by atoms with Crippen molar-refractivity contribution in [3.8, 4) is 0 Å². The van der Waals surface area contributed by atoms with Crippen molar-refractivity contribution < 1.29 is 4.39 Å². The van der Waals surface area contributed by atoms with Gasteiger partial charge in [0.25, 0.3) is 0 Å². The van der Waals surface area contributed by atoms with Crippen LogP contribution in [0, 0.1) is 12.7 Å². The molecule has 0 heterocycles. The highest BCUT2D eigenvalue weighted by atomic mass is 79.9. The number of aryl methyl sites for hydroxylation is 1. The minimum atomic E-state index is -0.222. The molecule has 0 radical (unpaired) electrons. The lowest BCUT2D eigenvalue weighted by Gasteiger charge is -2.14. The highest BCUT2D eigenvalue weighted by molar-refractivity contribution is 9.10. The third-order valence-electron chi connectivity index (χ3n) is 3.07. The van der Waals surface area contributed by atoms with Crippen LogP contribution in [0.1, 0.15) is 22.7 Å². The minimum Gasteiger partial charge on any atom is -0.324 e. The Hall–Kier alpha value is -0.710. The molecule has 100 valence electrons. The lowest BCUT2D eigenvalue weighted by molar-refractivity contribution is 0.593. The predicted octanol–water partition coefficient (Wildman–Crippen LogP) is 4.90. The van der Waals surface area contributed by atoms with E-state index in [9.17, 15) is 4.39 Å². The van der Waals surface area contributed by atoms with Crippen LogP contribution in [0.4, 0.5) is 4.39 Å². The van der Waals surface area contributed by atoms with Crippen molar-refractivity contribution in [3.63, 3.8) is 0 Å². The van der Waals surface area contributed by atoms with Crippen molar-refractivity contribution in [2.24, 2.45) is 5.73 Å². The van der Waals surface area contributed by atoms with E-state index in [1.54, 1.807) is 12.1 Å². The van der Waals surface area contributed by atoms with E-state index < -0.39 is 0 Å². The maximum atomic E-state index is 13.7. The quantitative estimate of drug-likeness (QED) is 0.797. The molecule has 1 unspecified atom stereocenters. The van der Waals surface area contributed by atoms with Gasteiger partial charge in [-0.15, -0.1) is 0 Å². The molecule has 0 bridgehead atoms. The molecule has 1 atom stereocenters. The fourth-order valence-corrected chi connectivity index (χ4v) is 2.70. The zero-order valence-corrected chi connectivity index (χ0v) is 13.6. The number of hydrogen-bond donors (Lipinski definition) is 1. The molecule has 4 heteroatoms. The van der Waals surface area contributed by atoms with Crippen molar-refractivity contribution >= 4 is 31.9 Å². The first-order valence-electron chi connectivity index (χ1n) is 5.93. The summed E-state index contributed by atoms with van der Waals surface area (Å²) in [5.74, 6) is -0.218. The molecule has 0 amide bonds. The second kappa shape index (κ2) is 6.16. The summed E-state index contributed by atoms with van der Waals surface area (Å²) in [5, 5.41) is 0. The second-order valence-corrected chi connectivity index (χ2v) is 6.32. The van der Waals surface area contributed by atoms with Crippen LogP contribution in [0.15, 0.2) is 45.3 Å². The van der Waals surface area contributed by atoms with Crippen molar-refractivity contribution in [2.75, 3.05) is 0 Å². The van der Waals surface area contributed by atoms with E-state index in [-0.39, 0.29) is 11.9 Å².